The third kappa shape index (κ3) is 6.10. The Morgan fingerprint density at radius 1 is 1.28 bits per heavy atom. The molecular formula is C12H22ClNO4. The summed E-state index contributed by atoms with van der Waals surface area (Å²) >= 11 is 5.88. The van der Waals surface area contributed by atoms with Crippen molar-refractivity contribution in [3.05, 3.63) is 0 Å². The lowest BCUT2D eigenvalue weighted by atomic mass is 10.0. The molecule has 0 N–H and O–H groups in total. The van der Waals surface area contributed by atoms with E-state index in [-0.39, 0.29) is 5.92 Å². The molecule has 0 rings (SSSR count). The minimum atomic E-state index is -0.841. The van der Waals surface area contributed by atoms with Crippen LogP contribution in [0.5, 0.6) is 0 Å². The number of carbonyl (C=O) groups is 2. The summed E-state index contributed by atoms with van der Waals surface area (Å²) in [7, 11) is 1.26. The van der Waals surface area contributed by atoms with Gasteiger partial charge < -0.3 is 9.47 Å². The minimum absolute atomic E-state index is 0.192. The number of hydrogen-bond acceptors (Lipinski definition) is 4. The number of nitrogens with zero attached hydrogens (tertiary/aromatic N) is 1. The molecule has 106 valence electrons. The van der Waals surface area contributed by atoms with Gasteiger partial charge in [-0.25, -0.2) is 14.0 Å². The quantitative estimate of drug-likeness (QED) is 0.586. The van der Waals surface area contributed by atoms with E-state index in [1.807, 2.05) is 13.8 Å². The van der Waals surface area contributed by atoms with Crippen LogP contribution in [0.1, 0.15) is 41.0 Å². The van der Waals surface area contributed by atoms with Crippen LogP contribution in [0, 0.1) is 5.92 Å². The van der Waals surface area contributed by atoms with Gasteiger partial charge in [0.2, 0.25) is 0 Å². The Bertz CT molecular complexity index is 299. The van der Waals surface area contributed by atoms with Gasteiger partial charge in [0.05, 0.1) is 7.11 Å². The maximum absolute atomic E-state index is 11.8. The van der Waals surface area contributed by atoms with Crippen molar-refractivity contribution in [1.29, 1.82) is 0 Å². The molecule has 0 spiro atoms. The molecule has 5 nitrogen and oxygen atoms in total. The summed E-state index contributed by atoms with van der Waals surface area (Å²) < 4.78 is 10.5. The first kappa shape index (κ1) is 17.0. The SMILES string of the molecule is COC(=O)[C@H](CC(C)C)N(Cl)C(=O)OC(C)(C)C. The summed E-state index contributed by atoms with van der Waals surface area (Å²) in [4.78, 5) is 23.4. The highest BCUT2D eigenvalue weighted by atomic mass is 35.5. The highest BCUT2D eigenvalue weighted by Crippen LogP contribution is 2.19. The first-order valence-electron chi connectivity index (χ1n) is 5.84. The van der Waals surface area contributed by atoms with Gasteiger partial charge in [0.15, 0.2) is 0 Å². The minimum Gasteiger partial charge on any atom is -0.467 e. The van der Waals surface area contributed by atoms with Gasteiger partial charge in [-0.2, -0.15) is 0 Å². The molecule has 0 heterocycles. The maximum atomic E-state index is 11.8. The molecule has 0 aromatic rings. The lowest BCUT2D eigenvalue weighted by molar-refractivity contribution is -0.145. The Labute approximate surface area is 113 Å². The van der Waals surface area contributed by atoms with Crippen molar-refractivity contribution in [3.63, 3.8) is 0 Å². The molecule has 6 heteroatoms. The molecule has 0 aromatic heterocycles. The predicted octanol–water partition coefficient (Wildman–Crippen LogP) is 2.97. The molecule has 0 unspecified atom stereocenters. The van der Waals surface area contributed by atoms with Crippen molar-refractivity contribution < 1.29 is 19.1 Å². The zero-order valence-corrected chi connectivity index (χ0v) is 12.6. The molecule has 0 aromatic carbocycles. The molecule has 0 saturated heterocycles. The molecule has 0 aliphatic heterocycles. The molecule has 0 bridgehead atoms. The molecule has 18 heavy (non-hydrogen) atoms. The summed E-state index contributed by atoms with van der Waals surface area (Å²) in [5.41, 5.74) is -0.664. The first-order valence-corrected chi connectivity index (χ1v) is 6.18. The van der Waals surface area contributed by atoms with Gasteiger partial charge >= 0.3 is 12.1 Å². The molecule has 0 fully saturated rings. The zero-order chi connectivity index (χ0) is 14.5. The van der Waals surface area contributed by atoms with Crippen LogP contribution in [0.25, 0.3) is 0 Å². The smallest absolute Gasteiger partial charge is 0.425 e. The van der Waals surface area contributed by atoms with E-state index in [0.717, 1.165) is 4.42 Å². The maximum Gasteiger partial charge on any atom is 0.425 e. The molecule has 0 radical (unpaired) electrons. The number of hydrogen-bond donors (Lipinski definition) is 0. The van der Waals surface area contributed by atoms with Crippen LogP contribution in [-0.4, -0.2) is 35.2 Å². The summed E-state index contributed by atoms with van der Waals surface area (Å²) in [5, 5.41) is 0. The van der Waals surface area contributed by atoms with Crippen LogP contribution >= 0.6 is 11.8 Å². The van der Waals surface area contributed by atoms with E-state index in [0.29, 0.717) is 6.42 Å². The third-order valence-corrected chi connectivity index (χ3v) is 2.38. The summed E-state index contributed by atoms with van der Waals surface area (Å²) in [6.45, 7) is 9.03. The van der Waals surface area contributed by atoms with Crippen LogP contribution < -0.4 is 0 Å². The Hall–Kier alpha value is -0.970. The number of halogens is 1. The average molecular weight is 280 g/mol. The monoisotopic (exact) mass is 279 g/mol. The zero-order valence-electron chi connectivity index (χ0n) is 11.8. The lowest BCUT2D eigenvalue weighted by Crippen LogP contribution is -2.43. The fourth-order valence-corrected chi connectivity index (χ4v) is 1.49. The second kappa shape index (κ2) is 6.83. The summed E-state index contributed by atoms with van der Waals surface area (Å²) in [6.07, 6.45) is -0.338. The topological polar surface area (TPSA) is 55.8 Å². The van der Waals surface area contributed by atoms with Gasteiger partial charge in [0, 0.05) is 11.8 Å². The van der Waals surface area contributed by atoms with Gasteiger partial charge in [-0.15, -0.1) is 0 Å². The van der Waals surface area contributed by atoms with Crippen molar-refractivity contribution in [1.82, 2.24) is 4.42 Å². The molecule has 1 amide bonds. The van der Waals surface area contributed by atoms with Crippen molar-refractivity contribution in [2.75, 3.05) is 7.11 Å². The summed E-state index contributed by atoms with van der Waals surface area (Å²) in [6, 6.07) is -0.841. The second-order valence-electron chi connectivity index (χ2n) is 5.46. The van der Waals surface area contributed by atoms with Gasteiger partial charge in [0.25, 0.3) is 0 Å². The predicted molar refractivity (Wildman–Crippen MR) is 69.2 cm³/mol. The van der Waals surface area contributed by atoms with Gasteiger partial charge in [-0.1, -0.05) is 13.8 Å². The highest BCUT2D eigenvalue weighted by molar-refractivity contribution is 6.21. The normalized spacial score (nSPS) is 13.1. The molecular weight excluding hydrogens is 258 g/mol. The fourth-order valence-electron chi connectivity index (χ4n) is 1.30. The number of amides is 1. The Kier molecular flexibility index (Phi) is 6.46. The fraction of sp³-hybridized carbons (Fsp3) is 0.833. The Morgan fingerprint density at radius 3 is 2.11 bits per heavy atom. The average Bonchev–Trinajstić information content (AvgIpc) is 2.21. The number of rotatable bonds is 4. The van der Waals surface area contributed by atoms with Gasteiger partial charge in [-0.05, 0) is 33.1 Å². The van der Waals surface area contributed by atoms with E-state index in [1.54, 1.807) is 20.8 Å². The molecule has 1 atom stereocenters. The Balaban J connectivity index is 4.79. The highest BCUT2D eigenvalue weighted by Gasteiger charge is 2.33. The van der Waals surface area contributed by atoms with Crippen LogP contribution in [0.2, 0.25) is 0 Å². The molecule has 0 saturated carbocycles. The number of esters is 1. The van der Waals surface area contributed by atoms with E-state index in [1.165, 1.54) is 7.11 Å². The van der Waals surface area contributed by atoms with Crippen LogP contribution in [-0.2, 0) is 14.3 Å². The largest absolute Gasteiger partial charge is 0.467 e. The Morgan fingerprint density at radius 2 is 1.78 bits per heavy atom. The standard InChI is InChI=1S/C12H22ClNO4/c1-8(2)7-9(10(15)17-6)14(13)11(16)18-12(3,4)5/h8-9H,7H2,1-6H3/t9-/m0/s1. The van der Waals surface area contributed by atoms with Crippen molar-refractivity contribution in [3.8, 4) is 0 Å². The number of ether oxygens (including phenoxy) is 2. The van der Waals surface area contributed by atoms with Gasteiger partial charge in [-0.3, -0.25) is 0 Å². The van der Waals surface area contributed by atoms with Gasteiger partial charge in [0.1, 0.15) is 11.6 Å². The number of carbonyl (C=O) groups excluding carboxylic acids is 2. The van der Waals surface area contributed by atoms with Crippen LogP contribution in [0.15, 0.2) is 0 Å². The third-order valence-electron chi connectivity index (χ3n) is 2.01. The first-order chi connectivity index (χ1) is 8.08. The van der Waals surface area contributed by atoms with Crippen molar-refractivity contribution in [2.45, 2.75) is 52.7 Å². The van der Waals surface area contributed by atoms with Crippen molar-refractivity contribution >= 4 is 23.8 Å². The second-order valence-corrected chi connectivity index (χ2v) is 5.82. The van der Waals surface area contributed by atoms with Crippen LogP contribution in [0.4, 0.5) is 4.79 Å². The van der Waals surface area contributed by atoms with E-state index in [4.69, 9.17) is 16.5 Å². The summed E-state index contributed by atoms with van der Waals surface area (Å²) in [5.74, 6) is -0.359. The van der Waals surface area contributed by atoms with Crippen molar-refractivity contribution in [2.24, 2.45) is 5.92 Å². The van der Waals surface area contributed by atoms with E-state index < -0.39 is 23.7 Å². The van der Waals surface area contributed by atoms with Crippen LogP contribution in [0.3, 0.4) is 0 Å². The van der Waals surface area contributed by atoms with E-state index in [2.05, 4.69) is 4.74 Å². The molecule has 0 aliphatic rings. The molecule has 0 aliphatic carbocycles. The number of methoxy groups -OCH3 is 1. The van der Waals surface area contributed by atoms with E-state index >= 15 is 0 Å². The lowest BCUT2D eigenvalue weighted by Gasteiger charge is -2.27. The van der Waals surface area contributed by atoms with E-state index in [9.17, 15) is 9.59 Å².